The molecule has 0 heterocycles. The van der Waals surface area contributed by atoms with Crippen LogP contribution < -0.4 is 47.6 Å². The molecule has 0 fully saturated rings. The van der Waals surface area contributed by atoms with Gasteiger partial charge < -0.3 is 37.2 Å². The Kier molecular flexibility index (Phi) is 10.4. The molecule has 0 aromatic heterocycles. The molecule has 0 spiro atoms. The van der Waals surface area contributed by atoms with E-state index in [9.17, 15) is 0 Å². The van der Waals surface area contributed by atoms with Crippen LogP contribution >= 0.6 is 0 Å². The zero-order chi connectivity index (χ0) is 17.4. The van der Waals surface area contributed by atoms with E-state index in [1.807, 2.05) is 0 Å². The molecule has 27 heavy (non-hydrogen) atoms. The molecule has 0 N–H and O–H groups in total. The Labute approximate surface area is 195 Å². The van der Waals surface area contributed by atoms with E-state index in [1.165, 1.54) is 10.4 Å². The summed E-state index contributed by atoms with van der Waals surface area (Å²) >= 11 is 2.34. The van der Waals surface area contributed by atoms with Gasteiger partial charge in [0.1, 0.15) is 0 Å². The summed E-state index contributed by atoms with van der Waals surface area (Å²) in [6, 6.07) is 22.3. The van der Waals surface area contributed by atoms with Crippen LogP contribution in [-0.2, 0) is 20.4 Å². The molecule has 3 rings (SSSR count). The number of hydrogen-bond acceptors (Lipinski definition) is 0. The van der Waals surface area contributed by atoms with Crippen LogP contribution in [-0.4, -0.2) is 8.07 Å². The first-order chi connectivity index (χ1) is 11.3. The molecule has 0 amide bonds. The number of halogens is 3. The van der Waals surface area contributed by atoms with Crippen molar-refractivity contribution in [1.82, 2.24) is 0 Å². The van der Waals surface area contributed by atoms with Crippen molar-refractivity contribution >= 4 is 18.4 Å². The standard InChI is InChI=1S/C22H25Si.3ClH.Ti/c1-22(2,3)20-16-11-17-21(20)23(4,18-12-7-5-8-13-18)19-14-9-6-10-15-19;;;;/h5-10,12-16H,11H2,1-4H3;3*1H;/q;;;;+3/p-3. The molecule has 0 unspecified atom stereocenters. The van der Waals surface area contributed by atoms with Gasteiger partial charge in [0, 0.05) is 0 Å². The Morgan fingerprint density at radius 1 is 0.778 bits per heavy atom. The first kappa shape index (κ1) is 26.7. The predicted octanol–water partition coefficient (Wildman–Crippen LogP) is -4.39. The number of benzene rings is 2. The summed E-state index contributed by atoms with van der Waals surface area (Å²) in [5.74, 6) is 0. The minimum absolute atomic E-state index is 0. The average molecular weight is 472 g/mol. The minimum atomic E-state index is -1.99. The van der Waals surface area contributed by atoms with Crippen LogP contribution in [0.3, 0.4) is 0 Å². The topological polar surface area (TPSA) is 0 Å². The van der Waals surface area contributed by atoms with Crippen LogP contribution in [0, 0.1) is 5.41 Å². The molecule has 2 aromatic rings. The third kappa shape index (κ3) is 5.21. The molecule has 1 aliphatic rings. The van der Waals surface area contributed by atoms with E-state index < -0.39 is 8.07 Å². The number of rotatable bonds is 3. The van der Waals surface area contributed by atoms with Crippen LogP contribution in [0.5, 0.6) is 0 Å². The normalized spacial score (nSPS) is 13.9. The third-order valence-electron chi connectivity index (χ3n) is 5.09. The maximum atomic E-state index is 2.53. The monoisotopic (exact) mass is 470 g/mol. The zero-order valence-corrected chi connectivity index (χ0v) is 21.0. The van der Waals surface area contributed by atoms with Gasteiger partial charge in [-0.3, -0.25) is 0 Å². The van der Waals surface area contributed by atoms with Gasteiger partial charge >= 0.3 is 159 Å². The van der Waals surface area contributed by atoms with E-state index >= 15 is 0 Å². The molecule has 0 saturated heterocycles. The molecule has 0 radical (unpaired) electrons. The molecule has 2 aromatic carbocycles. The van der Waals surface area contributed by atoms with Crippen LogP contribution in [0.15, 0.2) is 81.4 Å². The minimum Gasteiger partial charge on any atom is -1.00 e. The fourth-order valence-corrected chi connectivity index (χ4v) is 9.71. The second kappa shape index (κ2) is 10.5. The molecule has 5 heteroatoms. The van der Waals surface area contributed by atoms with E-state index in [0.717, 1.165) is 6.42 Å². The molecule has 0 aliphatic heterocycles. The van der Waals surface area contributed by atoms with Crippen molar-refractivity contribution in [2.24, 2.45) is 5.41 Å². The Morgan fingerprint density at radius 2 is 1.19 bits per heavy atom. The van der Waals surface area contributed by atoms with E-state index in [1.54, 1.807) is 14.6 Å². The Hall–Kier alpha value is -0.279. The van der Waals surface area contributed by atoms with Crippen molar-refractivity contribution in [3.63, 3.8) is 0 Å². The third-order valence-corrected chi connectivity index (χ3v) is 10.7. The quantitative estimate of drug-likeness (QED) is 0.397. The molecule has 0 nitrogen and oxygen atoms in total. The van der Waals surface area contributed by atoms with E-state index in [-0.39, 0.29) is 42.6 Å². The summed E-state index contributed by atoms with van der Waals surface area (Å²) in [4.78, 5) is 0. The van der Waals surface area contributed by atoms with Crippen LogP contribution in [0.1, 0.15) is 27.2 Å². The van der Waals surface area contributed by atoms with E-state index in [0.29, 0.717) is 0 Å². The summed E-state index contributed by atoms with van der Waals surface area (Å²) in [7, 11) is -1.99. The van der Waals surface area contributed by atoms with Gasteiger partial charge in [0.2, 0.25) is 0 Å². The maximum absolute atomic E-state index is 2.53. The number of allylic oxidation sites excluding steroid dienone is 4. The van der Waals surface area contributed by atoms with Crippen LogP contribution in [0.2, 0.25) is 6.55 Å². The Balaban J connectivity index is 0.00000225. The van der Waals surface area contributed by atoms with Gasteiger partial charge in [-0.15, -0.1) is 0 Å². The second-order valence-electron chi connectivity index (χ2n) is 7.78. The molecule has 0 saturated carbocycles. The first-order valence-electron chi connectivity index (χ1n) is 8.62. The van der Waals surface area contributed by atoms with Gasteiger partial charge in [0.25, 0.3) is 0 Å². The van der Waals surface area contributed by atoms with Gasteiger partial charge in [0.15, 0.2) is 0 Å². The summed E-state index contributed by atoms with van der Waals surface area (Å²) in [6.45, 7) is 9.58. The van der Waals surface area contributed by atoms with Gasteiger partial charge in [-0.1, -0.05) is 0 Å². The molecule has 0 atom stereocenters. The van der Waals surface area contributed by atoms with Crippen molar-refractivity contribution in [2.75, 3.05) is 0 Å². The molecular weight excluding hydrogens is 447 g/mol. The first-order valence-corrected chi connectivity index (χ1v) is 11.9. The van der Waals surface area contributed by atoms with Gasteiger partial charge in [-0.2, -0.15) is 0 Å². The second-order valence-corrected chi connectivity index (χ2v) is 12.6. The average Bonchev–Trinajstić information content (AvgIpc) is 2.98. The molecular formula is C22H25Cl3SiTi. The summed E-state index contributed by atoms with van der Waals surface area (Å²) < 4.78 is 1.56. The largest absolute Gasteiger partial charge is 1.00 e. The predicted molar refractivity (Wildman–Crippen MR) is 103 cm³/mol. The van der Waals surface area contributed by atoms with Gasteiger partial charge in [-0.05, 0) is 0 Å². The fourth-order valence-electron chi connectivity index (χ4n) is 3.82. The van der Waals surface area contributed by atoms with Crippen LogP contribution in [0.4, 0.5) is 0 Å². The van der Waals surface area contributed by atoms with Crippen LogP contribution in [0.25, 0.3) is 0 Å². The molecule has 0 bridgehead atoms. The van der Waals surface area contributed by atoms with Crippen molar-refractivity contribution in [3.8, 4) is 0 Å². The van der Waals surface area contributed by atoms with Crippen molar-refractivity contribution in [3.05, 3.63) is 81.4 Å². The van der Waals surface area contributed by atoms with Crippen molar-refractivity contribution in [1.29, 1.82) is 0 Å². The molecule has 1 aliphatic carbocycles. The fraction of sp³-hybridized carbons (Fsp3) is 0.273. The maximum Gasteiger partial charge on any atom is -1.00 e. The summed E-state index contributed by atoms with van der Waals surface area (Å²) in [6.07, 6.45) is 3.58. The van der Waals surface area contributed by atoms with E-state index in [4.69, 9.17) is 0 Å². The van der Waals surface area contributed by atoms with E-state index in [2.05, 4.69) is 114 Å². The summed E-state index contributed by atoms with van der Waals surface area (Å²) in [5, 5.41) is 4.65. The smallest absolute Gasteiger partial charge is 1.00 e. The zero-order valence-electron chi connectivity index (χ0n) is 16.2. The Morgan fingerprint density at radius 3 is 1.56 bits per heavy atom. The van der Waals surface area contributed by atoms with Gasteiger partial charge in [-0.25, -0.2) is 0 Å². The summed E-state index contributed by atoms with van der Waals surface area (Å²) in [5.41, 5.74) is 1.74. The Bertz CT molecular complexity index is 754. The van der Waals surface area contributed by atoms with Crippen molar-refractivity contribution < 1.29 is 57.7 Å². The van der Waals surface area contributed by atoms with Gasteiger partial charge in [0.05, 0.1) is 0 Å². The molecule has 142 valence electrons. The van der Waals surface area contributed by atoms with Crippen molar-refractivity contribution in [2.45, 2.75) is 33.7 Å². The SMILES string of the molecule is CC(C)(C)C1=CC[C]([Ti+3])=C1[Si](C)(c1ccccc1)c1ccccc1.[Cl-].[Cl-].[Cl-]. The number of hydrogen-bond donors (Lipinski definition) is 0.